The molecule has 1 saturated heterocycles. The number of aliphatic hydroxyl groups excluding tert-OH is 1. The van der Waals surface area contributed by atoms with E-state index in [-0.39, 0.29) is 16.9 Å². The molecular weight excluding hydrogens is 572 g/mol. The summed E-state index contributed by atoms with van der Waals surface area (Å²) in [4.78, 5) is 55.0. The van der Waals surface area contributed by atoms with E-state index in [1.807, 2.05) is 0 Å². The summed E-state index contributed by atoms with van der Waals surface area (Å²) in [5.74, 6) is -0.762. The van der Waals surface area contributed by atoms with Crippen molar-refractivity contribution in [3.8, 4) is 0 Å². The molecule has 0 aliphatic carbocycles. The number of nitrogens with zero attached hydrogens (tertiary/aromatic N) is 3. The Morgan fingerprint density at radius 2 is 1.84 bits per heavy atom. The van der Waals surface area contributed by atoms with Crippen LogP contribution in [0.5, 0.6) is 0 Å². The van der Waals surface area contributed by atoms with Crippen LogP contribution in [-0.4, -0.2) is 74.6 Å². The molecule has 4 heterocycles. The minimum atomic E-state index is -5.78. The molecule has 37 heavy (non-hydrogen) atoms. The van der Waals surface area contributed by atoms with Crippen molar-refractivity contribution >= 4 is 52.3 Å². The molecule has 6 atom stereocenters. The summed E-state index contributed by atoms with van der Waals surface area (Å²) in [6.45, 7) is 0.0503. The standard InChI is InChI=1S/C15H18FN4O14P3/c1-15(23)10(22)7(5-31-36(27,28)34-37(29,30)33-35(24,25)26)32-13(15)20-4-6-2-3-8(21)17-11-9(6)12(20)19-14(16)18-11/h2-4,7,10,13,22-23H,5H2,1H3,(H,27,28)(H,29,30)(H2,24,25,26)(H,17,18,19,21)/t7-,10-,13-,15-/m1/s1. The van der Waals surface area contributed by atoms with Gasteiger partial charge in [0.25, 0.3) is 0 Å². The number of hydrogen-bond donors (Lipinski definition) is 7. The molecule has 2 aromatic heterocycles. The number of aromatic nitrogens is 3. The van der Waals surface area contributed by atoms with Gasteiger partial charge in [-0.15, -0.1) is 0 Å². The van der Waals surface area contributed by atoms with Gasteiger partial charge >= 0.3 is 29.5 Å². The highest BCUT2D eigenvalue weighted by atomic mass is 31.3. The van der Waals surface area contributed by atoms with Crippen LogP contribution >= 0.6 is 23.5 Å². The average molecular weight is 590 g/mol. The fourth-order valence-corrected chi connectivity index (χ4v) is 6.75. The highest BCUT2D eigenvalue weighted by Crippen LogP contribution is 2.66. The molecule has 4 rings (SSSR count). The zero-order valence-electron chi connectivity index (χ0n) is 18.2. The molecule has 7 N–H and O–H groups in total. The number of nitrogens with one attached hydrogen (secondary N) is 1. The molecule has 0 radical (unpaired) electrons. The molecule has 204 valence electrons. The van der Waals surface area contributed by atoms with Crippen molar-refractivity contribution in [2.24, 2.45) is 0 Å². The van der Waals surface area contributed by atoms with Gasteiger partial charge in [0.2, 0.25) is 5.91 Å². The Hall–Kier alpha value is -1.95. The first-order valence-electron chi connectivity index (χ1n) is 9.80. The van der Waals surface area contributed by atoms with Gasteiger partial charge < -0.3 is 44.4 Å². The Labute approximate surface area is 204 Å². The highest BCUT2D eigenvalue weighted by molar-refractivity contribution is 7.66. The molecule has 22 heteroatoms. The predicted molar refractivity (Wildman–Crippen MR) is 116 cm³/mol. The summed E-state index contributed by atoms with van der Waals surface area (Å²) in [5.41, 5.74) is -2.02. The molecule has 1 amide bonds. The van der Waals surface area contributed by atoms with Gasteiger partial charge in [-0.1, -0.05) is 0 Å². The van der Waals surface area contributed by atoms with Crippen molar-refractivity contribution in [2.45, 2.75) is 31.0 Å². The number of carbonyl (C=O) groups excluding carboxylic acids is 1. The van der Waals surface area contributed by atoms with E-state index in [0.717, 1.165) is 17.6 Å². The molecule has 18 nitrogen and oxygen atoms in total. The minimum absolute atomic E-state index is 0.157. The Morgan fingerprint density at radius 1 is 1.16 bits per heavy atom. The number of halogens is 1. The molecule has 0 aromatic carbocycles. The summed E-state index contributed by atoms with van der Waals surface area (Å²) < 4.78 is 66.7. The van der Waals surface area contributed by atoms with Crippen molar-refractivity contribution in [3.05, 3.63) is 23.9 Å². The van der Waals surface area contributed by atoms with Crippen molar-refractivity contribution in [3.63, 3.8) is 0 Å². The topological polar surface area (TPSA) is 269 Å². The van der Waals surface area contributed by atoms with Crippen molar-refractivity contribution < 1.29 is 70.5 Å². The first-order valence-corrected chi connectivity index (χ1v) is 14.3. The quantitative estimate of drug-likeness (QED) is 0.156. The van der Waals surface area contributed by atoms with E-state index in [1.165, 1.54) is 12.3 Å². The zero-order valence-corrected chi connectivity index (χ0v) is 20.9. The molecule has 2 aromatic rings. The molecular formula is C15H18FN4O14P3. The highest BCUT2D eigenvalue weighted by Gasteiger charge is 2.54. The average Bonchev–Trinajstić information content (AvgIpc) is 3.10. The summed E-state index contributed by atoms with van der Waals surface area (Å²) in [6, 6.07) is 0. The van der Waals surface area contributed by atoms with E-state index < -0.39 is 66.1 Å². The van der Waals surface area contributed by atoms with E-state index in [2.05, 4.69) is 28.4 Å². The van der Waals surface area contributed by atoms with Crippen LogP contribution in [0, 0.1) is 6.08 Å². The number of anilines is 1. The van der Waals surface area contributed by atoms with E-state index in [9.17, 15) is 42.9 Å². The third-order valence-electron chi connectivity index (χ3n) is 5.16. The van der Waals surface area contributed by atoms with Gasteiger partial charge in [0.1, 0.15) is 23.6 Å². The fourth-order valence-electron chi connectivity index (χ4n) is 3.72. The molecule has 0 bridgehead atoms. The number of phosphoric ester groups is 1. The number of phosphoric acid groups is 3. The molecule has 0 saturated carbocycles. The number of rotatable bonds is 8. The third kappa shape index (κ3) is 5.89. The van der Waals surface area contributed by atoms with Gasteiger partial charge in [0.05, 0.1) is 12.0 Å². The van der Waals surface area contributed by atoms with Crippen LogP contribution < -0.4 is 5.32 Å². The van der Waals surface area contributed by atoms with Gasteiger partial charge in [0, 0.05) is 17.8 Å². The van der Waals surface area contributed by atoms with E-state index in [0.29, 0.717) is 5.56 Å². The van der Waals surface area contributed by atoms with E-state index in [1.54, 1.807) is 0 Å². The van der Waals surface area contributed by atoms with Crippen molar-refractivity contribution in [1.29, 1.82) is 0 Å². The Balaban J connectivity index is 1.58. The van der Waals surface area contributed by atoms with Crippen LogP contribution in [-0.2, 0) is 36.4 Å². The summed E-state index contributed by atoms with van der Waals surface area (Å²) >= 11 is 0. The van der Waals surface area contributed by atoms with Crippen LogP contribution in [0.25, 0.3) is 17.1 Å². The number of ether oxygens (including phenoxy) is 1. The molecule has 2 aliphatic heterocycles. The predicted octanol–water partition coefficient (Wildman–Crippen LogP) is -0.112. The largest absolute Gasteiger partial charge is 0.490 e. The molecule has 2 aliphatic rings. The van der Waals surface area contributed by atoms with E-state index >= 15 is 0 Å². The molecule has 2 unspecified atom stereocenters. The normalized spacial score (nSPS) is 29.1. The monoisotopic (exact) mass is 590 g/mol. The van der Waals surface area contributed by atoms with Crippen LogP contribution in [0.15, 0.2) is 12.3 Å². The van der Waals surface area contributed by atoms with E-state index in [4.69, 9.17) is 14.5 Å². The number of aliphatic hydroxyl groups is 2. The van der Waals surface area contributed by atoms with Gasteiger partial charge in [-0.2, -0.15) is 23.0 Å². The maximum Gasteiger partial charge on any atom is 0.490 e. The number of hydrogen-bond acceptors (Lipinski definition) is 12. The Kier molecular flexibility index (Phi) is 7.10. The lowest BCUT2D eigenvalue weighted by atomic mass is 9.96. The first-order chi connectivity index (χ1) is 16.9. The van der Waals surface area contributed by atoms with Gasteiger partial charge in [-0.05, 0) is 13.0 Å². The number of amides is 1. The second-order valence-electron chi connectivity index (χ2n) is 7.94. The van der Waals surface area contributed by atoms with Gasteiger partial charge in [-0.3, -0.25) is 9.32 Å². The lowest BCUT2D eigenvalue weighted by Crippen LogP contribution is -2.44. The lowest BCUT2D eigenvalue weighted by molar-refractivity contribution is -0.111. The zero-order chi connectivity index (χ0) is 27.6. The smallest absolute Gasteiger partial charge is 0.387 e. The SMILES string of the molecule is C[C@@]1(O)[C@H](O)[C@@H](COP(=O)(O)OP(=O)(O)OP(=O)(O)O)O[C@H]1n1cc2c3c(nc(F)nc31)NC(=O)C=C2. The first kappa shape index (κ1) is 28.1. The van der Waals surface area contributed by atoms with Crippen molar-refractivity contribution in [1.82, 2.24) is 14.5 Å². The van der Waals surface area contributed by atoms with Crippen LogP contribution in [0.4, 0.5) is 10.2 Å². The second-order valence-corrected chi connectivity index (χ2v) is 12.4. The maximum absolute atomic E-state index is 14.1. The Morgan fingerprint density at radius 3 is 2.49 bits per heavy atom. The van der Waals surface area contributed by atoms with Crippen LogP contribution in [0.3, 0.4) is 0 Å². The van der Waals surface area contributed by atoms with Crippen LogP contribution in [0.2, 0.25) is 0 Å². The van der Waals surface area contributed by atoms with Gasteiger partial charge in [0.15, 0.2) is 11.9 Å². The van der Waals surface area contributed by atoms with Crippen molar-refractivity contribution in [2.75, 3.05) is 11.9 Å². The fraction of sp³-hybridized carbons (Fsp3) is 0.400. The minimum Gasteiger partial charge on any atom is -0.387 e. The summed E-state index contributed by atoms with van der Waals surface area (Å²) in [5, 5.41) is 24.1. The van der Waals surface area contributed by atoms with Gasteiger partial charge in [-0.25, -0.2) is 13.7 Å². The second kappa shape index (κ2) is 9.36. The summed E-state index contributed by atoms with van der Waals surface area (Å²) in [6.07, 6.45) is -2.42. The maximum atomic E-state index is 14.1. The summed E-state index contributed by atoms with van der Waals surface area (Å²) in [7, 11) is -16.9. The third-order valence-corrected chi connectivity index (χ3v) is 8.96. The Bertz CT molecular complexity index is 1440. The lowest BCUT2D eigenvalue weighted by Gasteiger charge is -2.27. The molecule has 0 spiro atoms. The molecule has 1 fully saturated rings. The number of carbonyl (C=O) groups is 1. The van der Waals surface area contributed by atoms with Crippen LogP contribution in [0.1, 0.15) is 18.7 Å².